The van der Waals surface area contributed by atoms with Gasteiger partial charge >= 0.3 is 0 Å². The SMILES string of the molecule is CCn1ccc(CNC(COC)C(C)C)c1. The fourth-order valence-corrected chi connectivity index (χ4v) is 1.71. The lowest BCUT2D eigenvalue weighted by atomic mass is 10.1. The Hall–Kier alpha value is -0.800. The lowest BCUT2D eigenvalue weighted by molar-refractivity contribution is 0.146. The van der Waals surface area contributed by atoms with E-state index in [0.717, 1.165) is 19.7 Å². The first-order valence-corrected chi connectivity index (χ1v) is 6.04. The molecule has 1 rings (SSSR count). The first kappa shape index (κ1) is 13.3. The second kappa shape index (κ2) is 6.71. The van der Waals surface area contributed by atoms with Gasteiger partial charge in [-0.2, -0.15) is 0 Å². The Morgan fingerprint density at radius 2 is 2.19 bits per heavy atom. The molecule has 0 fully saturated rings. The molecule has 0 bridgehead atoms. The van der Waals surface area contributed by atoms with Gasteiger partial charge in [0.1, 0.15) is 0 Å². The van der Waals surface area contributed by atoms with Crippen LogP contribution in [0.25, 0.3) is 0 Å². The average Bonchev–Trinajstić information content (AvgIpc) is 2.71. The summed E-state index contributed by atoms with van der Waals surface area (Å²) in [7, 11) is 1.75. The Labute approximate surface area is 98.8 Å². The van der Waals surface area contributed by atoms with Crippen molar-refractivity contribution in [1.29, 1.82) is 0 Å². The number of methoxy groups -OCH3 is 1. The molecule has 0 aliphatic rings. The van der Waals surface area contributed by atoms with Crippen molar-refractivity contribution < 1.29 is 4.74 Å². The van der Waals surface area contributed by atoms with Gasteiger partial charge < -0.3 is 14.6 Å². The van der Waals surface area contributed by atoms with E-state index >= 15 is 0 Å². The van der Waals surface area contributed by atoms with E-state index < -0.39 is 0 Å². The topological polar surface area (TPSA) is 26.2 Å². The minimum atomic E-state index is 0.426. The van der Waals surface area contributed by atoms with Gasteiger partial charge in [-0.1, -0.05) is 13.8 Å². The van der Waals surface area contributed by atoms with Crippen LogP contribution in [0.5, 0.6) is 0 Å². The standard InChI is InChI=1S/C13H24N2O/c1-5-15-7-6-12(9-15)8-14-13(10-16-4)11(2)3/h6-7,9,11,13-14H,5,8,10H2,1-4H3. The van der Waals surface area contributed by atoms with Crippen LogP contribution >= 0.6 is 0 Å². The molecule has 92 valence electrons. The number of rotatable bonds is 7. The summed E-state index contributed by atoms with van der Waals surface area (Å²) in [6.07, 6.45) is 4.31. The van der Waals surface area contributed by atoms with E-state index in [9.17, 15) is 0 Å². The van der Waals surface area contributed by atoms with E-state index in [4.69, 9.17) is 4.74 Å². The third kappa shape index (κ3) is 3.99. The van der Waals surface area contributed by atoms with Gasteiger partial charge in [-0.25, -0.2) is 0 Å². The quantitative estimate of drug-likeness (QED) is 0.769. The molecule has 1 aromatic rings. The van der Waals surface area contributed by atoms with Crippen molar-refractivity contribution >= 4 is 0 Å². The van der Waals surface area contributed by atoms with Gasteiger partial charge in [0.05, 0.1) is 6.61 Å². The minimum absolute atomic E-state index is 0.426. The molecule has 1 unspecified atom stereocenters. The summed E-state index contributed by atoms with van der Waals surface area (Å²) in [6.45, 7) is 9.30. The van der Waals surface area contributed by atoms with Crippen molar-refractivity contribution in [2.75, 3.05) is 13.7 Å². The third-order valence-electron chi connectivity index (χ3n) is 2.90. The van der Waals surface area contributed by atoms with Crippen molar-refractivity contribution in [2.24, 2.45) is 5.92 Å². The number of nitrogens with one attached hydrogen (secondary N) is 1. The van der Waals surface area contributed by atoms with Crippen LogP contribution in [-0.2, 0) is 17.8 Å². The van der Waals surface area contributed by atoms with Crippen molar-refractivity contribution in [1.82, 2.24) is 9.88 Å². The van der Waals surface area contributed by atoms with Gasteiger partial charge in [0.2, 0.25) is 0 Å². The fourth-order valence-electron chi connectivity index (χ4n) is 1.71. The average molecular weight is 224 g/mol. The smallest absolute Gasteiger partial charge is 0.0618 e. The maximum absolute atomic E-state index is 5.21. The molecule has 0 amide bonds. The normalized spacial score (nSPS) is 13.3. The fraction of sp³-hybridized carbons (Fsp3) is 0.692. The first-order valence-electron chi connectivity index (χ1n) is 6.04. The molecule has 0 aliphatic heterocycles. The van der Waals surface area contributed by atoms with Crippen LogP contribution in [0.2, 0.25) is 0 Å². The van der Waals surface area contributed by atoms with Crippen LogP contribution in [0.4, 0.5) is 0 Å². The summed E-state index contributed by atoms with van der Waals surface area (Å²) < 4.78 is 7.40. The molecule has 0 saturated carbocycles. The van der Waals surface area contributed by atoms with Crippen molar-refractivity contribution in [2.45, 2.75) is 39.9 Å². The largest absolute Gasteiger partial charge is 0.383 e. The van der Waals surface area contributed by atoms with E-state index in [1.807, 2.05) is 0 Å². The number of aryl methyl sites for hydroxylation is 1. The van der Waals surface area contributed by atoms with Crippen LogP contribution in [0, 0.1) is 5.92 Å². The number of ether oxygens (including phenoxy) is 1. The second-order valence-electron chi connectivity index (χ2n) is 4.54. The number of hydrogen-bond donors (Lipinski definition) is 1. The zero-order valence-corrected chi connectivity index (χ0v) is 10.9. The van der Waals surface area contributed by atoms with Gasteiger partial charge in [-0.05, 0) is 24.5 Å². The first-order chi connectivity index (χ1) is 7.67. The van der Waals surface area contributed by atoms with Gasteiger partial charge in [-0.3, -0.25) is 0 Å². The minimum Gasteiger partial charge on any atom is -0.383 e. The monoisotopic (exact) mass is 224 g/mol. The van der Waals surface area contributed by atoms with Gasteiger partial charge in [-0.15, -0.1) is 0 Å². The Morgan fingerprint density at radius 1 is 1.44 bits per heavy atom. The maximum atomic E-state index is 5.21. The Morgan fingerprint density at radius 3 is 2.69 bits per heavy atom. The van der Waals surface area contributed by atoms with E-state index in [0.29, 0.717) is 12.0 Å². The summed E-state index contributed by atoms with van der Waals surface area (Å²) >= 11 is 0. The molecule has 3 heteroatoms. The molecule has 1 N–H and O–H groups in total. The van der Waals surface area contributed by atoms with E-state index in [-0.39, 0.29) is 0 Å². The summed E-state index contributed by atoms with van der Waals surface area (Å²) in [4.78, 5) is 0. The molecular weight excluding hydrogens is 200 g/mol. The summed E-state index contributed by atoms with van der Waals surface area (Å²) in [5.41, 5.74) is 1.34. The van der Waals surface area contributed by atoms with Crippen LogP contribution in [0.1, 0.15) is 26.3 Å². The number of nitrogens with zero attached hydrogens (tertiary/aromatic N) is 1. The van der Waals surface area contributed by atoms with Crippen molar-refractivity contribution in [3.63, 3.8) is 0 Å². The highest BCUT2D eigenvalue weighted by atomic mass is 16.5. The highest BCUT2D eigenvalue weighted by molar-refractivity contribution is 5.10. The van der Waals surface area contributed by atoms with Crippen LogP contribution in [0.15, 0.2) is 18.5 Å². The summed E-state index contributed by atoms with van der Waals surface area (Å²) in [5.74, 6) is 0.591. The molecule has 0 spiro atoms. The number of hydrogen-bond acceptors (Lipinski definition) is 2. The molecule has 1 atom stereocenters. The molecule has 1 heterocycles. The van der Waals surface area contributed by atoms with E-state index in [1.54, 1.807) is 7.11 Å². The van der Waals surface area contributed by atoms with Gasteiger partial charge in [0, 0.05) is 38.6 Å². The van der Waals surface area contributed by atoms with Gasteiger partial charge in [0.15, 0.2) is 0 Å². The highest BCUT2D eigenvalue weighted by Gasteiger charge is 2.12. The molecule has 16 heavy (non-hydrogen) atoms. The molecule has 0 aliphatic carbocycles. The van der Waals surface area contributed by atoms with E-state index in [2.05, 4.69) is 49.1 Å². The van der Waals surface area contributed by atoms with E-state index in [1.165, 1.54) is 5.56 Å². The maximum Gasteiger partial charge on any atom is 0.0618 e. The predicted molar refractivity (Wildman–Crippen MR) is 67.4 cm³/mol. The second-order valence-corrected chi connectivity index (χ2v) is 4.54. The van der Waals surface area contributed by atoms with Crippen molar-refractivity contribution in [3.05, 3.63) is 24.0 Å². The molecular formula is C13H24N2O. The van der Waals surface area contributed by atoms with Crippen LogP contribution in [0.3, 0.4) is 0 Å². The molecule has 0 aromatic carbocycles. The molecule has 1 aromatic heterocycles. The van der Waals surface area contributed by atoms with Crippen LogP contribution in [-0.4, -0.2) is 24.3 Å². The zero-order chi connectivity index (χ0) is 12.0. The Balaban J connectivity index is 2.42. The van der Waals surface area contributed by atoms with Crippen molar-refractivity contribution in [3.8, 4) is 0 Å². The lowest BCUT2D eigenvalue weighted by Gasteiger charge is -2.21. The van der Waals surface area contributed by atoms with Crippen LogP contribution < -0.4 is 5.32 Å². The Bertz CT molecular complexity index is 294. The molecule has 0 saturated heterocycles. The molecule has 0 radical (unpaired) electrons. The predicted octanol–water partition coefficient (Wildman–Crippen LogP) is 2.27. The Kier molecular flexibility index (Phi) is 5.56. The molecule has 3 nitrogen and oxygen atoms in total. The summed E-state index contributed by atoms with van der Waals surface area (Å²) in [5, 5.41) is 3.54. The van der Waals surface area contributed by atoms with Gasteiger partial charge in [0.25, 0.3) is 0 Å². The summed E-state index contributed by atoms with van der Waals surface area (Å²) in [6, 6.07) is 2.59. The number of aromatic nitrogens is 1. The lowest BCUT2D eigenvalue weighted by Crippen LogP contribution is -2.37. The zero-order valence-electron chi connectivity index (χ0n) is 10.9. The highest BCUT2D eigenvalue weighted by Crippen LogP contribution is 2.05. The third-order valence-corrected chi connectivity index (χ3v) is 2.90.